The third kappa shape index (κ3) is 4.54. The summed E-state index contributed by atoms with van der Waals surface area (Å²) in [7, 11) is 0. The Balaban J connectivity index is 1.72. The van der Waals surface area contributed by atoms with Crippen molar-refractivity contribution in [3.8, 4) is 0 Å². The minimum absolute atomic E-state index is 0.0207. The first-order valence-electron chi connectivity index (χ1n) is 8.52. The zero-order valence-electron chi connectivity index (χ0n) is 15.1. The van der Waals surface area contributed by atoms with Gasteiger partial charge in [-0.25, -0.2) is 13.2 Å². The molecule has 0 unspecified atom stereocenters. The molecule has 8 nitrogen and oxygen atoms in total. The molecule has 0 spiro atoms. The number of azide groups is 1. The molecule has 2 aromatic rings. The number of hydrogen-bond donors (Lipinski definition) is 0. The molecule has 1 atom stereocenters. The van der Waals surface area contributed by atoms with Gasteiger partial charge in [0.05, 0.1) is 6.54 Å². The van der Waals surface area contributed by atoms with Crippen molar-refractivity contribution in [3.63, 3.8) is 0 Å². The maximum Gasteiger partial charge on any atom is 0.451 e. The number of halogens is 6. The second-order valence-corrected chi connectivity index (χ2v) is 6.55. The quantitative estimate of drug-likeness (QED) is 0.230. The summed E-state index contributed by atoms with van der Waals surface area (Å²) in [6.07, 6.45) is -5.32. The Bertz CT molecular complexity index is 1010. The van der Waals surface area contributed by atoms with Gasteiger partial charge in [0.1, 0.15) is 23.5 Å². The Labute approximate surface area is 164 Å². The number of hydrogen-bond acceptors (Lipinski definition) is 5. The van der Waals surface area contributed by atoms with Gasteiger partial charge in [-0.1, -0.05) is 5.11 Å². The van der Waals surface area contributed by atoms with Gasteiger partial charge < -0.3 is 4.57 Å². The second-order valence-electron chi connectivity index (χ2n) is 6.55. The molecule has 30 heavy (non-hydrogen) atoms. The Morgan fingerprint density at radius 2 is 1.87 bits per heavy atom. The summed E-state index contributed by atoms with van der Waals surface area (Å²) in [6, 6.07) is -0.479. The minimum atomic E-state index is -4.66. The van der Waals surface area contributed by atoms with Crippen LogP contribution in [0.2, 0.25) is 0 Å². The van der Waals surface area contributed by atoms with Gasteiger partial charge in [-0.05, 0) is 17.2 Å². The topological polar surface area (TPSA) is 99.8 Å². The van der Waals surface area contributed by atoms with Crippen molar-refractivity contribution in [3.05, 3.63) is 57.2 Å². The Hall–Kier alpha value is -3.12. The van der Waals surface area contributed by atoms with Crippen molar-refractivity contribution in [1.82, 2.24) is 19.7 Å². The smallest absolute Gasteiger partial charge is 0.305 e. The molecule has 3 rings (SSSR count). The normalized spacial score (nSPS) is 15.4. The van der Waals surface area contributed by atoms with Crippen molar-refractivity contribution in [2.45, 2.75) is 31.7 Å². The van der Waals surface area contributed by atoms with E-state index in [0.29, 0.717) is 12.1 Å². The van der Waals surface area contributed by atoms with Crippen molar-refractivity contribution in [2.24, 2.45) is 5.11 Å². The molecule has 1 aromatic carbocycles. The largest absolute Gasteiger partial charge is 0.451 e. The first-order valence-corrected chi connectivity index (χ1v) is 8.52. The maximum absolute atomic E-state index is 13.8. The van der Waals surface area contributed by atoms with Crippen molar-refractivity contribution in [2.75, 3.05) is 13.1 Å². The maximum atomic E-state index is 13.8. The molecule has 1 aliphatic rings. The van der Waals surface area contributed by atoms with Crippen LogP contribution >= 0.6 is 0 Å². The predicted molar refractivity (Wildman–Crippen MR) is 88.3 cm³/mol. The second kappa shape index (κ2) is 8.32. The van der Waals surface area contributed by atoms with Gasteiger partial charge in [0.2, 0.25) is 5.82 Å². The monoisotopic (exact) mass is 433 g/mol. The average molecular weight is 433 g/mol. The fourth-order valence-electron chi connectivity index (χ4n) is 3.09. The lowest BCUT2D eigenvalue weighted by atomic mass is 10.0. The number of benzene rings is 1. The van der Waals surface area contributed by atoms with Gasteiger partial charge in [0.25, 0.3) is 0 Å². The van der Waals surface area contributed by atoms with Crippen LogP contribution in [-0.2, 0) is 30.5 Å². The number of ketones is 1. The number of Topliss-reactive ketones (excluding diaryl/α,β-unsaturated/α-hetero) is 1. The molecule has 1 aromatic heterocycles. The minimum Gasteiger partial charge on any atom is -0.305 e. The van der Waals surface area contributed by atoms with E-state index in [9.17, 15) is 31.1 Å². The van der Waals surface area contributed by atoms with Gasteiger partial charge in [0.15, 0.2) is 11.6 Å². The lowest BCUT2D eigenvalue weighted by Gasteiger charge is -2.29. The molecule has 1 aliphatic heterocycles. The molecule has 0 fully saturated rings. The number of aromatic nitrogens is 3. The summed E-state index contributed by atoms with van der Waals surface area (Å²) < 4.78 is 79.7. The zero-order valence-corrected chi connectivity index (χ0v) is 15.1. The standard InChI is InChI=1S/C16H13F6N7O/c17-9-5-11(19)10(18)3-8(9)4-13(30)12(24-27-23)6-28-1-2-29-14(7-28)25-26-15(29)16(20,21)22/h3,5,12H,1-2,4,6-7H2/t12-/m1/s1. The summed E-state index contributed by atoms with van der Waals surface area (Å²) in [5.74, 6) is -5.75. The van der Waals surface area contributed by atoms with Crippen LogP contribution in [0.4, 0.5) is 26.3 Å². The lowest BCUT2D eigenvalue weighted by molar-refractivity contribution is -0.148. The molecule has 0 N–H and O–H groups in total. The molecular weight excluding hydrogens is 420 g/mol. The highest BCUT2D eigenvalue weighted by molar-refractivity contribution is 5.86. The first-order chi connectivity index (χ1) is 14.1. The van der Waals surface area contributed by atoms with Crippen molar-refractivity contribution in [1.29, 1.82) is 0 Å². The fourth-order valence-corrected chi connectivity index (χ4v) is 3.09. The molecule has 2 heterocycles. The van der Waals surface area contributed by atoms with Crippen LogP contribution in [0, 0.1) is 17.5 Å². The van der Waals surface area contributed by atoms with E-state index in [0.717, 1.165) is 4.57 Å². The summed E-state index contributed by atoms with van der Waals surface area (Å²) >= 11 is 0. The molecule has 0 saturated carbocycles. The molecule has 160 valence electrons. The van der Waals surface area contributed by atoms with Crippen LogP contribution in [-0.4, -0.2) is 44.6 Å². The SMILES string of the molecule is [N-]=[N+]=N[C@H](CN1CCn2c(nnc2C(F)(F)F)C1)C(=O)Cc1cc(F)c(F)cc1F. The van der Waals surface area contributed by atoms with Crippen LogP contribution in [0.15, 0.2) is 17.2 Å². The van der Waals surface area contributed by atoms with E-state index >= 15 is 0 Å². The van der Waals surface area contributed by atoms with Crippen LogP contribution in [0.5, 0.6) is 0 Å². The summed E-state index contributed by atoms with van der Waals surface area (Å²) in [4.78, 5) is 16.5. The summed E-state index contributed by atoms with van der Waals surface area (Å²) in [6.45, 7) is -0.291. The van der Waals surface area contributed by atoms with Crippen molar-refractivity contribution < 1.29 is 31.1 Å². The number of fused-ring (bicyclic) bond motifs is 1. The van der Waals surface area contributed by atoms with Gasteiger partial charge in [-0.15, -0.1) is 10.2 Å². The highest BCUT2D eigenvalue weighted by Crippen LogP contribution is 2.29. The van der Waals surface area contributed by atoms with E-state index in [1.807, 2.05) is 0 Å². The Kier molecular flexibility index (Phi) is 5.99. The van der Waals surface area contributed by atoms with E-state index in [1.54, 1.807) is 0 Å². The van der Waals surface area contributed by atoms with Gasteiger partial charge in [-0.3, -0.25) is 9.69 Å². The number of rotatable bonds is 6. The molecule has 0 amide bonds. The van der Waals surface area contributed by atoms with E-state index in [2.05, 4.69) is 20.2 Å². The number of carbonyl (C=O) groups excluding carboxylic acids is 1. The highest BCUT2D eigenvalue weighted by atomic mass is 19.4. The van der Waals surface area contributed by atoms with Crippen LogP contribution in [0.1, 0.15) is 17.2 Å². The van der Waals surface area contributed by atoms with E-state index < -0.39 is 53.3 Å². The molecule has 14 heteroatoms. The predicted octanol–water partition coefficient (Wildman–Crippen LogP) is 3.02. The van der Waals surface area contributed by atoms with Gasteiger partial charge >= 0.3 is 6.18 Å². The summed E-state index contributed by atoms with van der Waals surface area (Å²) in [5.41, 5.74) is 8.31. The first kappa shape index (κ1) is 21.6. The van der Waals surface area contributed by atoms with Crippen molar-refractivity contribution >= 4 is 5.78 Å². The molecule has 0 aliphatic carbocycles. The third-order valence-electron chi connectivity index (χ3n) is 4.53. The van der Waals surface area contributed by atoms with E-state index in [4.69, 9.17) is 5.53 Å². The van der Waals surface area contributed by atoms with Gasteiger partial charge in [0, 0.05) is 37.0 Å². The lowest BCUT2D eigenvalue weighted by Crippen LogP contribution is -2.41. The number of carbonyl (C=O) groups is 1. The number of nitrogens with zero attached hydrogens (tertiary/aromatic N) is 7. The average Bonchev–Trinajstić information content (AvgIpc) is 3.09. The third-order valence-corrected chi connectivity index (χ3v) is 4.53. The Morgan fingerprint density at radius 1 is 1.17 bits per heavy atom. The number of alkyl halides is 3. The molecule has 0 radical (unpaired) electrons. The molecular formula is C16H13F6N7O. The highest BCUT2D eigenvalue weighted by Gasteiger charge is 2.39. The van der Waals surface area contributed by atoms with Gasteiger partial charge in [-0.2, -0.15) is 13.2 Å². The zero-order chi connectivity index (χ0) is 22.1. The molecule has 0 bridgehead atoms. The van der Waals surface area contributed by atoms with E-state index in [-0.39, 0.29) is 32.0 Å². The Morgan fingerprint density at radius 3 is 2.53 bits per heavy atom. The van der Waals surface area contributed by atoms with Crippen LogP contribution in [0.25, 0.3) is 10.4 Å². The van der Waals surface area contributed by atoms with Crippen LogP contribution in [0.3, 0.4) is 0 Å². The molecule has 0 saturated heterocycles. The van der Waals surface area contributed by atoms with E-state index in [1.165, 1.54) is 4.90 Å². The fraction of sp³-hybridized carbons (Fsp3) is 0.438. The summed E-state index contributed by atoms with van der Waals surface area (Å²) in [5, 5.41) is 10.0. The van der Waals surface area contributed by atoms with Crippen LogP contribution < -0.4 is 0 Å².